The van der Waals surface area contributed by atoms with Gasteiger partial charge in [0.25, 0.3) is 5.91 Å². The zero-order valence-corrected chi connectivity index (χ0v) is 20.8. The molecule has 0 radical (unpaired) electrons. The molecule has 13 heteroatoms. The lowest BCUT2D eigenvalue weighted by Gasteiger charge is -2.37. The highest BCUT2D eigenvalue weighted by molar-refractivity contribution is 7.09. The quantitative estimate of drug-likeness (QED) is 0.508. The molecule has 0 unspecified atom stereocenters. The van der Waals surface area contributed by atoms with Gasteiger partial charge in [-0.3, -0.25) is 9.78 Å². The van der Waals surface area contributed by atoms with Gasteiger partial charge in [-0.2, -0.15) is 4.37 Å². The summed E-state index contributed by atoms with van der Waals surface area (Å²) < 4.78 is 37.6. The van der Waals surface area contributed by atoms with Gasteiger partial charge in [0.1, 0.15) is 17.4 Å². The summed E-state index contributed by atoms with van der Waals surface area (Å²) in [5, 5.41) is 2.71. The maximum Gasteiger partial charge on any atom is 0.294 e. The number of methoxy groups -OCH3 is 1. The third-order valence-corrected chi connectivity index (χ3v) is 5.91. The number of nitrogens with one attached hydrogen (secondary N) is 1. The van der Waals surface area contributed by atoms with Crippen LogP contribution in [0, 0.1) is 17.6 Å². The number of ether oxygens (including phenoxy) is 1. The van der Waals surface area contributed by atoms with Crippen LogP contribution in [0.1, 0.15) is 24.0 Å². The summed E-state index contributed by atoms with van der Waals surface area (Å²) in [6.07, 6.45) is 4.12. The number of nitrogens with zero attached hydrogens (tertiary/aromatic N) is 4. The van der Waals surface area contributed by atoms with Crippen molar-refractivity contribution in [3.63, 3.8) is 0 Å². The van der Waals surface area contributed by atoms with E-state index in [1.54, 1.807) is 6.20 Å². The van der Waals surface area contributed by atoms with Crippen LogP contribution >= 0.6 is 36.3 Å². The molecule has 1 aliphatic rings. The van der Waals surface area contributed by atoms with E-state index in [0.717, 1.165) is 42.3 Å². The topological polar surface area (TPSA) is 106 Å². The Bertz CT molecular complexity index is 1120. The second-order valence-electron chi connectivity index (χ2n) is 7.74. The standard InChI is InChI=1S/C21H22F2N6O2S.2ClH/c1-11-5-12(24)10-29(9-11)17-3-4-25-8-16(17)26-20(30)19-27-21(32-28-19)18-14(22)6-13(31-2)7-15(18)23;;/h3-4,6-8,11-12H,5,9-10,24H2,1-2H3,(H,26,30);2*1H/t11-,12+;;/m1../s1. The maximum absolute atomic E-state index is 14.4. The molecule has 3 N–H and O–H groups in total. The summed E-state index contributed by atoms with van der Waals surface area (Å²) in [6.45, 7) is 3.59. The number of anilines is 2. The van der Waals surface area contributed by atoms with Gasteiger partial charge in [0.15, 0.2) is 5.01 Å². The number of carbonyl (C=O) groups is 1. The number of halogens is 4. The van der Waals surface area contributed by atoms with Crippen molar-refractivity contribution in [1.82, 2.24) is 14.3 Å². The van der Waals surface area contributed by atoms with Crippen LogP contribution in [-0.4, -0.2) is 46.5 Å². The van der Waals surface area contributed by atoms with Crippen molar-refractivity contribution in [1.29, 1.82) is 0 Å². The molecule has 1 amide bonds. The van der Waals surface area contributed by atoms with Crippen LogP contribution < -0.4 is 20.7 Å². The van der Waals surface area contributed by atoms with E-state index in [-0.39, 0.29) is 53.0 Å². The highest BCUT2D eigenvalue weighted by Crippen LogP contribution is 2.32. The zero-order valence-electron chi connectivity index (χ0n) is 18.3. The first kappa shape index (κ1) is 27.6. The molecular weight excluding hydrogens is 509 g/mol. The van der Waals surface area contributed by atoms with Gasteiger partial charge >= 0.3 is 0 Å². The molecule has 0 spiro atoms. The minimum absolute atomic E-state index is 0. The van der Waals surface area contributed by atoms with E-state index in [4.69, 9.17) is 10.5 Å². The van der Waals surface area contributed by atoms with E-state index in [1.165, 1.54) is 13.3 Å². The summed E-state index contributed by atoms with van der Waals surface area (Å²) in [5.74, 6) is -2.05. The number of nitrogens with two attached hydrogens (primary N) is 1. The van der Waals surface area contributed by atoms with Crippen molar-refractivity contribution in [2.24, 2.45) is 11.7 Å². The SMILES string of the molecule is COc1cc(F)c(-c2nc(C(=O)Nc3cnccc3N3C[C@H](C)C[C@H](N)C3)ns2)c(F)c1.Cl.Cl. The van der Waals surface area contributed by atoms with E-state index < -0.39 is 17.5 Å². The smallest absolute Gasteiger partial charge is 0.294 e. The number of amides is 1. The van der Waals surface area contributed by atoms with Gasteiger partial charge in [-0.1, -0.05) is 6.92 Å². The summed E-state index contributed by atoms with van der Waals surface area (Å²) >= 11 is 0.731. The molecule has 4 rings (SSSR count). The number of aromatic nitrogens is 3. The second-order valence-corrected chi connectivity index (χ2v) is 8.49. The third-order valence-electron chi connectivity index (χ3n) is 5.17. The van der Waals surface area contributed by atoms with Crippen LogP contribution in [0.4, 0.5) is 20.2 Å². The molecule has 8 nitrogen and oxygen atoms in total. The van der Waals surface area contributed by atoms with Crippen LogP contribution in [0.5, 0.6) is 5.75 Å². The minimum Gasteiger partial charge on any atom is -0.497 e. The summed E-state index contributed by atoms with van der Waals surface area (Å²) in [4.78, 5) is 23.0. The van der Waals surface area contributed by atoms with Crippen LogP contribution in [-0.2, 0) is 0 Å². The zero-order chi connectivity index (χ0) is 22.8. The summed E-state index contributed by atoms with van der Waals surface area (Å²) in [5.41, 5.74) is 7.08. The predicted molar refractivity (Wildman–Crippen MR) is 132 cm³/mol. The molecule has 3 heterocycles. The second kappa shape index (κ2) is 11.7. The molecule has 184 valence electrons. The first-order valence-electron chi connectivity index (χ1n) is 9.98. The molecule has 0 aliphatic carbocycles. The number of hydrogen-bond acceptors (Lipinski definition) is 8. The van der Waals surface area contributed by atoms with E-state index in [0.29, 0.717) is 18.2 Å². The highest BCUT2D eigenvalue weighted by Gasteiger charge is 2.25. The van der Waals surface area contributed by atoms with E-state index in [9.17, 15) is 13.6 Å². The number of hydrogen-bond donors (Lipinski definition) is 2. The van der Waals surface area contributed by atoms with Gasteiger partial charge in [-0.25, -0.2) is 13.8 Å². The van der Waals surface area contributed by atoms with Gasteiger partial charge in [0.05, 0.1) is 30.2 Å². The van der Waals surface area contributed by atoms with E-state index >= 15 is 0 Å². The Morgan fingerprint density at radius 2 is 1.97 bits per heavy atom. The van der Waals surface area contributed by atoms with Crippen molar-refractivity contribution >= 4 is 53.6 Å². The fourth-order valence-corrected chi connectivity index (χ4v) is 4.53. The molecule has 1 fully saturated rings. The summed E-state index contributed by atoms with van der Waals surface area (Å²) in [7, 11) is 1.31. The number of rotatable bonds is 5. The third kappa shape index (κ3) is 5.90. The molecule has 1 aromatic carbocycles. The fraction of sp³-hybridized carbons (Fsp3) is 0.333. The first-order chi connectivity index (χ1) is 15.4. The lowest BCUT2D eigenvalue weighted by atomic mass is 9.96. The maximum atomic E-state index is 14.4. The Kier molecular flexibility index (Phi) is 9.51. The van der Waals surface area contributed by atoms with Crippen LogP contribution in [0.25, 0.3) is 10.6 Å². The van der Waals surface area contributed by atoms with E-state index in [1.807, 2.05) is 6.07 Å². The van der Waals surface area contributed by atoms with Gasteiger partial charge < -0.3 is 20.7 Å². The largest absolute Gasteiger partial charge is 0.497 e. The van der Waals surface area contributed by atoms with Crippen molar-refractivity contribution in [2.75, 3.05) is 30.4 Å². The number of pyridine rings is 1. The number of carbonyl (C=O) groups excluding carboxylic acids is 1. The lowest BCUT2D eigenvalue weighted by Crippen LogP contribution is -2.46. The van der Waals surface area contributed by atoms with Gasteiger partial charge in [0, 0.05) is 37.5 Å². The van der Waals surface area contributed by atoms with Crippen molar-refractivity contribution in [3.05, 3.63) is 48.1 Å². The van der Waals surface area contributed by atoms with E-state index in [2.05, 4.69) is 31.5 Å². The Labute approximate surface area is 211 Å². The average molecular weight is 533 g/mol. The molecule has 34 heavy (non-hydrogen) atoms. The predicted octanol–water partition coefficient (Wildman–Crippen LogP) is 4.16. The first-order valence-corrected chi connectivity index (χ1v) is 10.8. The summed E-state index contributed by atoms with van der Waals surface area (Å²) in [6, 6.07) is 3.94. The lowest BCUT2D eigenvalue weighted by molar-refractivity contribution is 0.101. The van der Waals surface area contributed by atoms with Crippen molar-refractivity contribution in [3.8, 4) is 16.3 Å². The molecule has 2 atom stereocenters. The fourth-order valence-electron chi connectivity index (χ4n) is 3.82. The monoisotopic (exact) mass is 532 g/mol. The number of piperidine rings is 1. The molecule has 1 aliphatic heterocycles. The molecular formula is C21H24Cl2F2N6O2S. The minimum atomic E-state index is -0.852. The normalized spacial score (nSPS) is 17.4. The Morgan fingerprint density at radius 1 is 1.26 bits per heavy atom. The van der Waals surface area contributed by atoms with Gasteiger partial charge in [0.2, 0.25) is 5.82 Å². The Hall–Kier alpha value is -2.60. The highest BCUT2D eigenvalue weighted by atomic mass is 35.5. The molecule has 3 aromatic rings. The Morgan fingerprint density at radius 3 is 2.62 bits per heavy atom. The Balaban J connectivity index is 0.00000204. The van der Waals surface area contributed by atoms with Crippen molar-refractivity contribution < 1.29 is 18.3 Å². The van der Waals surface area contributed by atoms with Crippen LogP contribution in [0.3, 0.4) is 0 Å². The molecule has 2 aromatic heterocycles. The molecule has 1 saturated heterocycles. The van der Waals surface area contributed by atoms with Crippen molar-refractivity contribution in [2.45, 2.75) is 19.4 Å². The molecule has 0 saturated carbocycles. The van der Waals surface area contributed by atoms with Crippen LogP contribution in [0.2, 0.25) is 0 Å². The molecule has 0 bridgehead atoms. The number of benzene rings is 1. The average Bonchev–Trinajstić information content (AvgIpc) is 3.22. The van der Waals surface area contributed by atoms with Crippen LogP contribution in [0.15, 0.2) is 30.6 Å². The van der Waals surface area contributed by atoms with Gasteiger partial charge in [-0.05, 0) is 29.9 Å². The van der Waals surface area contributed by atoms with Gasteiger partial charge in [-0.15, -0.1) is 24.8 Å².